The lowest BCUT2D eigenvalue weighted by atomic mass is 10.2. The second-order valence-corrected chi connectivity index (χ2v) is 4.98. The van der Waals surface area contributed by atoms with Crippen molar-refractivity contribution < 1.29 is 9.13 Å². The highest BCUT2D eigenvalue weighted by Gasteiger charge is 2.09. The monoisotopic (exact) mass is 280 g/mol. The number of halogens is 1. The van der Waals surface area contributed by atoms with E-state index in [0.29, 0.717) is 24.5 Å². The number of hydrogen-bond donors (Lipinski definition) is 2. The zero-order valence-electron chi connectivity index (χ0n) is 11.0. The molecular formula is C14H17FN2OS. The highest BCUT2D eigenvalue weighted by Crippen LogP contribution is 2.29. The average molecular weight is 280 g/mol. The number of aryl methyl sites for hydroxylation is 1. The van der Waals surface area contributed by atoms with Crippen LogP contribution >= 0.6 is 11.3 Å². The zero-order chi connectivity index (χ0) is 13.8. The first-order valence-electron chi connectivity index (χ1n) is 6.09. The number of nitrogens with one attached hydrogen (secondary N) is 1. The van der Waals surface area contributed by atoms with Crippen molar-refractivity contribution in [1.29, 1.82) is 0 Å². The predicted molar refractivity (Wildman–Crippen MR) is 78.4 cm³/mol. The molecule has 1 heterocycles. The summed E-state index contributed by atoms with van der Waals surface area (Å²) in [4.78, 5) is 0. The van der Waals surface area contributed by atoms with E-state index in [9.17, 15) is 4.39 Å². The largest absolute Gasteiger partial charge is 0.491 e. The molecule has 0 aliphatic heterocycles. The molecule has 3 N–H and O–H groups in total. The van der Waals surface area contributed by atoms with Crippen LogP contribution in [0.4, 0.5) is 15.8 Å². The fourth-order valence-electron chi connectivity index (χ4n) is 1.75. The molecule has 2 rings (SSSR count). The molecule has 0 unspecified atom stereocenters. The third kappa shape index (κ3) is 3.17. The van der Waals surface area contributed by atoms with Gasteiger partial charge in [-0.2, -0.15) is 11.3 Å². The standard InChI is InChI=1S/C14H17FN2OS/c1-3-18-14-5-13(12(16)4-11(14)15)17-6-10-8-19-7-9(10)2/h4-5,7-8,17H,3,6,16H2,1-2H3. The lowest BCUT2D eigenvalue weighted by Crippen LogP contribution is -2.04. The van der Waals surface area contributed by atoms with E-state index in [-0.39, 0.29) is 5.75 Å². The molecule has 0 bridgehead atoms. The maximum atomic E-state index is 13.6. The summed E-state index contributed by atoms with van der Waals surface area (Å²) in [7, 11) is 0. The summed E-state index contributed by atoms with van der Waals surface area (Å²) in [6, 6.07) is 2.89. The van der Waals surface area contributed by atoms with Gasteiger partial charge < -0.3 is 15.8 Å². The molecule has 19 heavy (non-hydrogen) atoms. The Morgan fingerprint density at radius 2 is 2.16 bits per heavy atom. The van der Waals surface area contributed by atoms with Crippen molar-refractivity contribution in [3.8, 4) is 5.75 Å². The summed E-state index contributed by atoms with van der Waals surface area (Å²) in [5.74, 6) is -0.210. The molecule has 2 aromatic rings. The molecule has 1 aromatic carbocycles. The average Bonchev–Trinajstić information content (AvgIpc) is 2.77. The molecule has 0 aliphatic carbocycles. The van der Waals surface area contributed by atoms with Gasteiger partial charge in [-0.15, -0.1) is 0 Å². The molecule has 0 saturated heterocycles. The Kier molecular flexibility index (Phi) is 4.27. The van der Waals surface area contributed by atoms with Crippen LogP contribution in [-0.2, 0) is 6.54 Å². The molecule has 0 fully saturated rings. The van der Waals surface area contributed by atoms with Crippen molar-refractivity contribution in [1.82, 2.24) is 0 Å². The van der Waals surface area contributed by atoms with Crippen LogP contribution in [0.1, 0.15) is 18.1 Å². The molecule has 0 saturated carbocycles. The summed E-state index contributed by atoms with van der Waals surface area (Å²) in [6.45, 7) is 4.96. The first-order valence-corrected chi connectivity index (χ1v) is 7.03. The normalized spacial score (nSPS) is 10.5. The van der Waals surface area contributed by atoms with Crippen LogP contribution in [0, 0.1) is 12.7 Å². The van der Waals surface area contributed by atoms with Gasteiger partial charge in [0, 0.05) is 18.7 Å². The quantitative estimate of drug-likeness (QED) is 0.819. The number of nitrogens with two attached hydrogens (primary N) is 1. The Balaban J connectivity index is 2.15. The lowest BCUT2D eigenvalue weighted by Gasteiger charge is -2.12. The summed E-state index contributed by atoms with van der Waals surface area (Å²) < 4.78 is 18.8. The minimum atomic E-state index is -0.434. The maximum Gasteiger partial charge on any atom is 0.167 e. The third-order valence-corrected chi connectivity index (χ3v) is 3.75. The van der Waals surface area contributed by atoms with Crippen molar-refractivity contribution in [2.75, 3.05) is 17.7 Å². The van der Waals surface area contributed by atoms with E-state index < -0.39 is 5.82 Å². The Labute approximate surface area is 116 Å². The van der Waals surface area contributed by atoms with Gasteiger partial charge in [0.05, 0.1) is 18.0 Å². The van der Waals surface area contributed by atoms with Gasteiger partial charge in [-0.25, -0.2) is 4.39 Å². The summed E-state index contributed by atoms with van der Waals surface area (Å²) in [6.07, 6.45) is 0. The van der Waals surface area contributed by atoms with Crippen LogP contribution in [0.15, 0.2) is 22.9 Å². The van der Waals surface area contributed by atoms with E-state index in [0.717, 1.165) is 0 Å². The Morgan fingerprint density at radius 1 is 1.37 bits per heavy atom. The Bertz CT molecular complexity index is 569. The van der Waals surface area contributed by atoms with Crippen LogP contribution < -0.4 is 15.8 Å². The van der Waals surface area contributed by atoms with Gasteiger partial charge in [0.25, 0.3) is 0 Å². The second-order valence-electron chi connectivity index (χ2n) is 4.24. The fraction of sp³-hybridized carbons (Fsp3) is 0.286. The maximum absolute atomic E-state index is 13.6. The molecule has 3 nitrogen and oxygen atoms in total. The van der Waals surface area contributed by atoms with Gasteiger partial charge >= 0.3 is 0 Å². The van der Waals surface area contributed by atoms with Crippen molar-refractivity contribution in [2.24, 2.45) is 0 Å². The molecule has 0 aliphatic rings. The summed E-state index contributed by atoms with van der Waals surface area (Å²) >= 11 is 1.66. The number of rotatable bonds is 5. The van der Waals surface area contributed by atoms with E-state index in [1.54, 1.807) is 17.4 Å². The smallest absolute Gasteiger partial charge is 0.167 e. The van der Waals surface area contributed by atoms with E-state index in [1.165, 1.54) is 17.2 Å². The van der Waals surface area contributed by atoms with Crippen molar-refractivity contribution in [3.05, 3.63) is 39.8 Å². The first-order chi connectivity index (χ1) is 9.11. The van der Waals surface area contributed by atoms with Crippen LogP contribution in [0.25, 0.3) is 0 Å². The number of ether oxygens (including phenoxy) is 1. The van der Waals surface area contributed by atoms with Crippen LogP contribution in [0.2, 0.25) is 0 Å². The molecule has 5 heteroatoms. The zero-order valence-corrected chi connectivity index (χ0v) is 11.8. The van der Waals surface area contributed by atoms with Crippen LogP contribution in [0.5, 0.6) is 5.75 Å². The molecular weight excluding hydrogens is 263 g/mol. The van der Waals surface area contributed by atoms with Crippen LogP contribution in [0.3, 0.4) is 0 Å². The molecule has 0 radical (unpaired) electrons. The van der Waals surface area contributed by atoms with Gasteiger partial charge in [0.15, 0.2) is 11.6 Å². The molecule has 102 valence electrons. The topological polar surface area (TPSA) is 47.3 Å². The molecule has 0 spiro atoms. The number of thiophene rings is 1. The van der Waals surface area contributed by atoms with E-state index in [4.69, 9.17) is 10.5 Å². The molecule has 0 amide bonds. The van der Waals surface area contributed by atoms with E-state index in [1.807, 2.05) is 6.92 Å². The fourth-order valence-corrected chi connectivity index (χ4v) is 2.60. The molecule has 0 atom stereocenters. The minimum Gasteiger partial charge on any atom is -0.491 e. The third-order valence-electron chi connectivity index (χ3n) is 2.83. The summed E-state index contributed by atoms with van der Waals surface area (Å²) in [5.41, 5.74) is 9.34. The minimum absolute atomic E-state index is 0.223. The first kappa shape index (κ1) is 13.7. The highest BCUT2D eigenvalue weighted by atomic mass is 32.1. The van der Waals surface area contributed by atoms with Crippen molar-refractivity contribution >= 4 is 22.7 Å². The Morgan fingerprint density at radius 3 is 2.79 bits per heavy atom. The lowest BCUT2D eigenvalue weighted by molar-refractivity contribution is 0.322. The van der Waals surface area contributed by atoms with Gasteiger partial charge in [-0.05, 0) is 35.7 Å². The Hall–Kier alpha value is -1.75. The second kappa shape index (κ2) is 5.93. The van der Waals surface area contributed by atoms with E-state index in [2.05, 4.69) is 23.0 Å². The van der Waals surface area contributed by atoms with Gasteiger partial charge in [0.1, 0.15) is 0 Å². The number of benzene rings is 1. The van der Waals surface area contributed by atoms with Crippen molar-refractivity contribution in [2.45, 2.75) is 20.4 Å². The number of anilines is 2. The van der Waals surface area contributed by atoms with Gasteiger partial charge in [-0.3, -0.25) is 0 Å². The van der Waals surface area contributed by atoms with Gasteiger partial charge in [0.2, 0.25) is 0 Å². The van der Waals surface area contributed by atoms with Crippen molar-refractivity contribution in [3.63, 3.8) is 0 Å². The molecule has 1 aromatic heterocycles. The predicted octanol–water partition coefficient (Wildman–Crippen LogP) is 3.79. The highest BCUT2D eigenvalue weighted by molar-refractivity contribution is 7.08. The van der Waals surface area contributed by atoms with Gasteiger partial charge in [-0.1, -0.05) is 0 Å². The van der Waals surface area contributed by atoms with E-state index >= 15 is 0 Å². The SMILES string of the molecule is CCOc1cc(NCc2cscc2C)c(N)cc1F. The number of hydrogen-bond acceptors (Lipinski definition) is 4. The summed E-state index contributed by atoms with van der Waals surface area (Å²) in [5, 5.41) is 7.40. The van der Waals surface area contributed by atoms with Crippen LogP contribution in [-0.4, -0.2) is 6.61 Å². The number of nitrogen functional groups attached to an aromatic ring is 1.